The predicted molar refractivity (Wildman–Crippen MR) is 88.3 cm³/mol. The first kappa shape index (κ1) is 13.6. The van der Waals surface area contributed by atoms with E-state index in [-0.39, 0.29) is 0 Å². The van der Waals surface area contributed by atoms with Gasteiger partial charge in [0.05, 0.1) is 17.8 Å². The molecule has 0 aliphatic heterocycles. The van der Waals surface area contributed by atoms with Gasteiger partial charge >= 0.3 is 0 Å². The fourth-order valence-corrected chi connectivity index (χ4v) is 2.91. The maximum Gasteiger partial charge on any atom is 0.147 e. The van der Waals surface area contributed by atoms with Crippen LogP contribution in [0.5, 0.6) is 0 Å². The van der Waals surface area contributed by atoms with E-state index in [2.05, 4.69) is 14.7 Å². The lowest BCUT2D eigenvalue weighted by molar-refractivity contribution is 1.02. The molecule has 3 rings (SSSR count). The summed E-state index contributed by atoms with van der Waals surface area (Å²) in [6.07, 6.45) is 0. The SMILES string of the molecule is Cc1cccc(CNc2snc(N)c2-c2ccccc2)n1. The number of aryl methyl sites for hydroxylation is 1. The minimum absolute atomic E-state index is 0.561. The molecular formula is C16H16N4S. The Hall–Kier alpha value is -2.40. The van der Waals surface area contributed by atoms with Crippen LogP contribution in [-0.2, 0) is 6.54 Å². The molecule has 3 N–H and O–H groups in total. The van der Waals surface area contributed by atoms with Gasteiger partial charge in [-0.1, -0.05) is 36.4 Å². The van der Waals surface area contributed by atoms with Crippen molar-refractivity contribution < 1.29 is 0 Å². The summed E-state index contributed by atoms with van der Waals surface area (Å²) in [5, 5.41) is 4.36. The summed E-state index contributed by atoms with van der Waals surface area (Å²) in [5.74, 6) is 0.561. The first-order chi connectivity index (χ1) is 10.2. The molecule has 3 aromatic rings. The second kappa shape index (κ2) is 5.93. The van der Waals surface area contributed by atoms with E-state index in [9.17, 15) is 0 Å². The molecule has 5 heteroatoms. The number of aromatic nitrogens is 2. The number of nitrogens with two attached hydrogens (primary N) is 1. The van der Waals surface area contributed by atoms with E-state index in [1.807, 2.05) is 55.5 Å². The molecule has 0 saturated carbocycles. The summed E-state index contributed by atoms with van der Waals surface area (Å²) >= 11 is 1.38. The van der Waals surface area contributed by atoms with Crippen LogP contribution in [0.1, 0.15) is 11.4 Å². The summed E-state index contributed by atoms with van der Waals surface area (Å²) in [6.45, 7) is 2.65. The van der Waals surface area contributed by atoms with E-state index < -0.39 is 0 Å². The van der Waals surface area contributed by atoms with Crippen molar-refractivity contribution in [2.45, 2.75) is 13.5 Å². The zero-order valence-corrected chi connectivity index (χ0v) is 12.5. The number of benzene rings is 1. The van der Waals surface area contributed by atoms with E-state index >= 15 is 0 Å². The lowest BCUT2D eigenvalue weighted by Gasteiger charge is -2.07. The average molecular weight is 296 g/mol. The van der Waals surface area contributed by atoms with Crippen molar-refractivity contribution in [1.29, 1.82) is 0 Å². The van der Waals surface area contributed by atoms with Crippen molar-refractivity contribution >= 4 is 22.4 Å². The number of anilines is 2. The van der Waals surface area contributed by atoms with Crippen LogP contribution in [0, 0.1) is 6.92 Å². The highest BCUT2D eigenvalue weighted by molar-refractivity contribution is 7.11. The molecule has 0 aliphatic rings. The van der Waals surface area contributed by atoms with E-state index in [0.717, 1.165) is 27.5 Å². The first-order valence-corrected chi connectivity index (χ1v) is 7.48. The van der Waals surface area contributed by atoms with Gasteiger partial charge in [0.2, 0.25) is 0 Å². The zero-order chi connectivity index (χ0) is 14.7. The molecule has 2 heterocycles. The number of hydrogen-bond acceptors (Lipinski definition) is 5. The third-order valence-corrected chi connectivity index (χ3v) is 3.98. The van der Waals surface area contributed by atoms with Crippen molar-refractivity contribution in [3.63, 3.8) is 0 Å². The van der Waals surface area contributed by atoms with Gasteiger partial charge in [0, 0.05) is 5.69 Å². The zero-order valence-electron chi connectivity index (χ0n) is 11.7. The van der Waals surface area contributed by atoms with Gasteiger partial charge in [0.25, 0.3) is 0 Å². The Balaban J connectivity index is 1.84. The van der Waals surface area contributed by atoms with Crippen molar-refractivity contribution in [2.24, 2.45) is 0 Å². The van der Waals surface area contributed by atoms with Crippen molar-refractivity contribution in [3.8, 4) is 11.1 Å². The molecule has 0 spiro atoms. The Kier molecular flexibility index (Phi) is 3.83. The minimum atomic E-state index is 0.561. The van der Waals surface area contributed by atoms with E-state index in [1.165, 1.54) is 11.5 Å². The molecule has 21 heavy (non-hydrogen) atoms. The van der Waals surface area contributed by atoms with Crippen molar-refractivity contribution in [2.75, 3.05) is 11.1 Å². The topological polar surface area (TPSA) is 63.8 Å². The van der Waals surface area contributed by atoms with Gasteiger partial charge in [-0.15, -0.1) is 0 Å². The van der Waals surface area contributed by atoms with Gasteiger partial charge < -0.3 is 11.1 Å². The average Bonchev–Trinajstić information content (AvgIpc) is 2.87. The number of nitrogens with one attached hydrogen (secondary N) is 1. The highest BCUT2D eigenvalue weighted by Gasteiger charge is 2.13. The van der Waals surface area contributed by atoms with Gasteiger partial charge in [-0.25, -0.2) is 0 Å². The fraction of sp³-hybridized carbons (Fsp3) is 0.125. The number of hydrogen-bond donors (Lipinski definition) is 2. The Morgan fingerprint density at radius 3 is 2.67 bits per heavy atom. The van der Waals surface area contributed by atoms with E-state index in [1.54, 1.807) is 0 Å². The summed E-state index contributed by atoms with van der Waals surface area (Å²) < 4.78 is 4.26. The Labute approximate surface area is 127 Å². The molecule has 0 saturated heterocycles. The number of rotatable bonds is 4. The highest BCUT2D eigenvalue weighted by atomic mass is 32.1. The second-order valence-electron chi connectivity index (χ2n) is 4.76. The molecule has 0 unspecified atom stereocenters. The van der Waals surface area contributed by atoms with Crippen LogP contribution in [0.2, 0.25) is 0 Å². The molecule has 0 aliphatic carbocycles. The Morgan fingerprint density at radius 2 is 1.90 bits per heavy atom. The van der Waals surface area contributed by atoms with Crippen LogP contribution in [0.4, 0.5) is 10.8 Å². The van der Waals surface area contributed by atoms with Gasteiger partial charge in [0.15, 0.2) is 0 Å². The second-order valence-corrected chi connectivity index (χ2v) is 5.54. The summed E-state index contributed by atoms with van der Waals surface area (Å²) in [6, 6.07) is 16.1. The monoisotopic (exact) mass is 296 g/mol. The van der Waals surface area contributed by atoms with Crippen LogP contribution in [-0.4, -0.2) is 9.36 Å². The molecule has 0 amide bonds. The van der Waals surface area contributed by atoms with Gasteiger partial charge in [-0.05, 0) is 36.2 Å². The third-order valence-electron chi connectivity index (χ3n) is 3.16. The molecule has 106 valence electrons. The molecular weight excluding hydrogens is 280 g/mol. The van der Waals surface area contributed by atoms with Crippen LogP contribution in [0.3, 0.4) is 0 Å². The summed E-state index contributed by atoms with van der Waals surface area (Å²) in [7, 11) is 0. The quantitative estimate of drug-likeness (QED) is 0.770. The molecule has 0 atom stereocenters. The van der Waals surface area contributed by atoms with Crippen molar-refractivity contribution in [3.05, 3.63) is 59.9 Å². The Bertz CT molecular complexity index is 737. The fourth-order valence-electron chi connectivity index (χ4n) is 2.18. The minimum Gasteiger partial charge on any atom is -0.382 e. The standard InChI is InChI=1S/C16H16N4S/c1-11-6-5-9-13(19-11)10-18-16-14(15(17)20-21-16)12-7-3-2-4-8-12/h2-9,18H,10H2,1H3,(H2,17,20). The normalized spacial score (nSPS) is 10.5. The van der Waals surface area contributed by atoms with Gasteiger partial charge in [0.1, 0.15) is 10.8 Å². The molecule has 2 aromatic heterocycles. The summed E-state index contributed by atoms with van der Waals surface area (Å²) in [4.78, 5) is 4.49. The summed E-state index contributed by atoms with van der Waals surface area (Å²) in [5.41, 5.74) is 10.1. The van der Waals surface area contributed by atoms with Crippen molar-refractivity contribution in [1.82, 2.24) is 9.36 Å². The number of nitrogen functional groups attached to an aromatic ring is 1. The van der Waals surface area contributed by atoms with E-state index in [0.29, 0.717) is 12.4 Å². The smallest absolute Gasteiger partial charge is 0.147 e. The maximum absolute atomic E-state index is 6.01. The molecule has 1 aromatic carbocycles. The number of nitrogens with zero attached hydrogens (tertiary/aromatic N) is 2. The lowest BCUT2D eigenvalue weighted by atomic mass is 10.1. The van der Waals surface area contributed by atoms with Crippen LogP contribution < -0.4 is 11.1 Å². The highest BCUT2D eigenvalue weighted by Crippen LogP contribution is 2.36. The van der Waals surface area contributed by atoms with Crippen LogP contribution in [0.15, 0.2) is 48.5 Å². The maximum atomic E-state index is 6.01. The van der Waals surface area contributed by atoms with Crippen LogP contribution >= 0.6 is 11.5 Å². The molecule has 0 radical (unpaired) electrons. The Morgan fingerprint density at radius 1 is 1.10 bits per heavy atom. The first-order valence-electron chi connectivity index (χ1n) is 6.71. The molecule has 0 fully saturated rings. The van der Waals surface area contributed by atoms with Crippen LogP contribution in [0.25, 0.3) is 11.1 Å². The van der Waals surface area contributed by atoms with Gasteiger partial charge in [-0.3, -0.25) is 4.98 Å². The lowest BCUT2D eigenvalue weighted by Crippen LogP contribution is -2.02. The van der Waals surface area contributed by atoms with Gasteiger partial charge in [-0.2, -0.15) is 4.37 Å². The third kappa shape index (κ3) is 3.03. The number of pyridine rings is 1. The van der Waals surface area contributed by atoms with E-state index in [4.69, 9.17) is 5.73 Å². The largest absolute Gasteiger partial charge is 0.382 e. The molecule has 4 nitrogen and oxygen atoms in total. The predicted octanol–water partition coefficient (Wildman–Crippen LogP) is 3.71. The molecule has 0 bridgehead atoms.